The van der Waals surface area contributed by atoms with Crippen LogP contribution in [0, 0.1) is 6.92 Å². The lowest BCUT2D eigenvalue weighted by Gasteiger charge is -2.09. The van der Waals surface area contributed by atoms with Crippen LogP contribution in [-0.2, 0) is 13.6 Å². The number of aryl methyl sites for hydroxylation is 2. The minimum Gasteiger partial charge on any atom is -0.383 e. The maximum Gasteiger partial charge on any atom is 0.329 e. The van der Waals surface area contributed by atoms with Crippen LogP contribution in [0.4, 0.5) is 5.69 Å². The number of halogens is 1. The van der Waals surface area contributed by atoms with Gasteiger partial charge in [0.05, 0.1) is 0 Å². The zero-order valence-electron chi connectivity index (χ0n) is 14.3. The number of rotatable bonds is 4. The lowest BCUT2D eigenvalue weighted by molar-refractivity contribution is 0.724. The third kappa shape index (κ3) is 2.59. The van der Waals surface area contributed by atoms with E-state index in [-0.39, 0.29) is 0 Å². The summed E-state index contributed by atoms with van der Waals surface area (Å²) in [6.45, 7) is 3.28. The monoisotopic (exact) mass is 372 g/mol. The van der Waals surface area contributed by atoms with Crippen LogP contribution in [0.3, 0.4) is 0 Å². The molecule has 1 aromatic carbocycles. The Morgan fingerprint density at radius 1 is 1.23 bits per heavy atom. The summed E-state index contributed by atoms with van der Waals surface area (Å²) in [6.07, 6.45) is 1.85. The molecular formula is C17H17ClN6O2. The highest BCUT2D eigenvalue weighted by Gasteiger charge is 2.17. The predicted molar refractivity (Wildman–Crippen MR) is 101 cm³/mol. The van der Waals surface area contributed by atoms with Gasteiger partial charge in [0.2, 0.25) is 5.78 Å². The van der Waals surface area contributed by atoms with Crippen LogP contribution in [-0.4, -0.2) is 30.0 Å². The van der Waals surface area contributed by atoms with Gasteiger partial charge in [0.15, 0.2) is 11.2 Å². The highest BCUT2D eigenvalue weighted by molar-refractivity contribution is 6.30. The molecule has 0 aliphatic carbocycles. The molecule has 0 bridgehead atoms. The molecule has 4 rings (SSSR count). The number of hydrogen-bond donors (Lipinski definition) is 2. The van der Waals surface area contributed by atoms with Crippen LogP contribution in [0.15, 0.2) is 40.1 Å². The number of nitrogens with zero attached hydrogens (tertiary/aromatic N) is 4. The fraction of sp³-hybridized carbons (Fsp3) is 0.235. The van der Waals surface area contributed by atoms with Crippen molar-refractivity contribution in [3.05, 3.63) is 62.0 Å². The standard InChI is InChI=1S/C17H17ClN6O2/c1-10-9-24-13-14(22(2)17(26)21-15(13)25)20-16(24)23(10)8-7-19-12-5-3-11(18)4-6-12/h3-6,9,19H,7-8H2,1-2H3,(H,21,25,26). The van der Waals surface area contributed by atoms with E-state index in [1.165, 1.54) is 4.57 Å². The Hall–Kier alpha value is -3.00. The smallest absolute Gasteiger partial charge is 0.329 e. The van der Waals surface area contributed by atoms with E-state index in [1.54, 1.807) is 11.4 Å². The third-order valence-electron chi connectivity index (χ3n) is 4.42. The average molecular weight is 373 g/mol. The van der Waals surface area contributed by atoms with Crippen LogP contribution >= 0.6 is 11.6 Å². The molecule has 4 aromatic rings. The van der Waals surface area contributed by atoms with Gasteiger partial charge in [0.1, 0.15) is 0 Å². The number of fused-ring (bicyclic) bond motifs is 3. The van der Waals surface area contributed by atoms with Crippen LogP contribution < -0.4 is 16.6 Å². The second-order valence-corrected chi connectivity index (χ2v) is 6.56. The van der Waals surface area contributed by atoms with Crippen molar-refractivity contribution in [2.24, 2.45) is 7.05 Å². The molecule has 0 radical (unpaired) electrons. The van der Waals surface area contributed by atoms with Crippen LogP contribution in [0.25, 0.3) is 16.9 Å². The van der Waals surface area contributed by atoms with E-state index in [2.05, 4.69) is 15.3 Å². The van der Waals surface area contributed by atoms with Crippen molar-refractivity contribution in [2.75, 3.05) is 11.9 Å². The molecule has 8 nitrogen and oxygen atoms in total. The molecule has 0 saturated heterocycles. The van der Waals surface area contributed by atoms with Crippen LogP contribution in [0.1, 0.15) is 5.69 Å². The normalized spacial score (nSPS) is 11.5. The van der Waals surface area contributed by atoms with Gasteiger partial charge in [-0.1, -0.05) is 11.6 Å². The SMILES string of the molecule is Cc1cn2c3c(=O)[nH]c(=O)n(C)c3nc2n1CCNc1ccc(Cl)cc1. The largest absolute Gasteiger partial charge is 0.383 e. The Morgan fingerprint density at radius 2 is 1.96 bits per heavy atom. The molecule has 0 aliphatic rings. The molecular weight excluding hydrogens is 356 g/mol. The summed E-state index contributed by atoms with van der Waals surface area (Å²) in [5.41, 5.74) is 1.77. The zero-order chi connectivity index (χ0) is 18.4. The first-order valence-electron chi connectivity index (χ1n) is 8.12. The first-order valence-corrected chi connectivity index (χ1v) is 8.50. The number of imidazole rings is 2. The Morgan fingerprint density at radius 3 is 2.69 bits per heavy atom. The van der Waals surface area contributed by atoms with Gasteiger partial charge >= 0.3 is 5.69 Å². The number of aromatic nitrogens is 5. The maximum absolute atomic E-state index is 12.2. The lowest BCUT2D eigenvalue weighted by atomic mass is 10.3. The van der Waals surface area contributed by atoms with E-state index >= 15 is 0 Å². The molecule has 9 heteroatoms. The summed E-state index contributed by atoms with van der Waals surface area (Å²) >= 11 is 5.89. The Labute approximate surface area is 152 Å². The number of hydrogen-bond acceptors (Lipinski definition) is 4. The van der Waals surface area contributed by atoms with E-state index < -0.39 is 11.2 Å². The van der Waals surface area contributed by atoms with Gasteiger partial charge < -0.3 is 9.88 Å². The number of aromatic amines is 1. The van der Waals surface area contributed by atoms with Gasteiger partial charge in [-0.3, -0.25) is 18.7 Å². The third-order valence-corrected chi connectivity index (χ3v) is 4.68. The summed E-state index contributed by atoms with van der Waals surface area (Å²) in [6, 6.07) is 7.49. The minimum absolute atomic E-state index is 0.369. The molecule has 0 amide bonds. The van der Waals surface area contributed by atoms with E-state index in [0.29, 0.717) is 35.1 Å². The van der Waals surface area contributed by atoms with Gasteiger partial charge in [-0.05, 0) is 31.2 Å². The number of anilines is 1. The van der Waals surface area contributed by atoms with Crippen molar-refractivity contribution in [3.63, 3.8) is 0 Å². The number of H-pyrrole nitrogens is 1. The van der Waals surface area contributed by atoms with E-state index in [4.69, 9.17) is 11.6 Å². The topological polar surface area (TPSA) is 89.1 Å². The van der Waals surface area contributed by atoms with Gasteiger partial charge in [-0.15, -0.1) is 0 Å². The van der Waals surface area contributed by atoms with Crippen molar-refractivity contribution in [1.29, 1.82) is 0 Å². The first-order chi connectivity index (χ1) is 12.5. The Balaban J connectivity index is 1.70. The Kier molecular flexibility index (Phi) is 3.84. The fourth-order valence-corrected chi connectivity index (χ4v) is 3.20. The van der Waals surface area contributed by atoms with E-state index in [0.717, 1.165) is 11.4 Å². The molecule has 134 valence electrons. The second kappa shape index (κ2) is 6.06. The average Bonchev–Trinajstić information content (AvgIpc) is 3.11. The second-order valence-electron chi connectivity index (χ2n) is 6.13. The quantitative estimate of drug-likeness (QED) is 0.571. The van der Waals surface area contributed by atoms with Crippen molar-refractivity contribution in [3.8, 4) is 0 Å². The van der Waals surface area contributed by atoms with Crippen molar-refractivity contribution < 1.29 is 0 Å². The molecule has 0 fully saturated rings. The molecule has 3 heterocycles. The first kappa shape index (κ1) is 16.5. The molecule has 3 aromatic heterocycles. The maximum atomic E-state index is 12.2. The van der Waals surface area contributed by atoms with Gasteiger partial charge in [-0.2, -0.15) is 4.98 Å². The summed E-state index contributed by atoms with van der Waals surface area (Å²) in [5, 5.41) is 4.02. The molecule has 0 unspecified atom stereocenters. The molecule has 0 saturated carbocycles. The highest BCUT2D eigenvalue weighted by atomic mass is 35.5. The number of nitrogens with one attached hydrogen (secondary N) is 2. The molecule has 0 atom stereocenters. The van der Waals surface area contributed by atoms with E-state index in [1.807, 2.05) is 42.0 Å². The van der Waals surface area contributed by atoms with Crippen LogP contribution in [0.5, 0.6) is 0 Å². The molecule has 2 N–H and O–H groups in total. The van der Waals surface area contributed by atoms with Crippen molar-refractivity contribution >= 4 is 34.2 Å². The predicted octanol–water partition coefficient (Wildman–Crippen LogP) is 1.75. The lowest BCUT2D eigenvalue weighted by Crippen LogP contribution is -2.28. The van der Waals surface area contributed by atoms with Gasteiger partial charge in [0.25, 0.3) is 5.56 Å². The highest BCUT2D eigenvalue weighted by Crippen LogP contribution is 2.16. The van der Waals surface area contributed by atoms with Crippen LogP contribution in [0.2, 0.25) is 5.02 Å². The van der Waals surface area contributed by atoms with E-state index in [9.17, 15) is 9.59 Å². The molecule has 0 aliphatic heterocycles. The van der Waals surface area contributed by atoms with Gasteiger partial charge in [-0.25, -0.2) is 4.79 Å². The van der Waals surface area contributed by atoms with Crippen molar-refractivity contribution in [2.45, 2.75) is 13.5 Å². The fourth-order valence-electron chi connectivity index (χ4n) is 3.07. The summed E-state index contributed by atoms with van der Waals surface area (Å²) in [5.74, 6) is 0.627. The number of benzene rings is 1. The van der Waals surface area contributed by atoms with Crippen molar-refractivity contribution in [1.82, 2.24) is 23.5 Å². The molecule has 26 heavy (non-hydrogen) atoms. The van der Waals surface area contributed by atoms with Gasteiger partial charge in [0, 0.05) is 42.7 Å². The summed E-state index contributed by atoms with van der Waals surface area (Å²) in [7, 11) is 1.59. The molecule has 0 spiro atoms. The summed E-state index contributed by atoms with van der Waals surface area (Å²) < 4.78 is 5.08. The Bertz CT molecular complexity index is 1230. The minimum atomic E-state index is -0.476. The zero-order valence-corrected chi connectivity index (χ0v) is 15.0. The summed E-state index contributed by atoms with van der Waals surface area (Å²) in [4.78, 5) is 30.8.